The van der Waals surface area contributed by atoms with Crippen LogP contribution in [0.15, 0.2) is 35.8 Å². The van der Waals surface area contributed by atoms with Crippen molar-refractivity contribution in [1.82, 2.24) is 4.98 Å². The minimum atomic E-state index is 0.452. The number of nitrogens with one attached hydrogen (secondary N) is 1. The lowest BCUT2D eigenvalue weighted by molar-refractivity contribution is 0.183. The highest BCUT2D eigenvalue weighted by Gasteiger charge is 2.21. The van der Waals surface area contributed by atoms with Gasteiger partial charge < -0.3 is 10.1 Å². The molecule has 0 spiro atoms. The van der Waals surface area contributed by atoms with Crippen molar-refractivity contribution in [2.75, 3.05) is 18.5 Å². The smallest absolute Gasteiger partial charge is 0.123 e. The number of nitrogens with zero attached hydrogens (tertiary/aromatic N) is 1. The maximum absolute atomic E-state index is 5.44. The van der Waals surface area contributed by atoms with E-state index in [1.807, 2.05) is 11.6 Å². The van der Waals surface area contributed by atoms with E-state index in [0.29, 0.717) is 12.0 Å². The second-order valence-corrected chi connectivity index (χ2v) is 5.87. The number of thiazole rings is 1. The zero-order chi connectivity index (χ0) is 13.1. The number of benzene rings is 1. The minimum absolute atomic E-state index is 0.452. The molecule has 1 aromatic carbocycles. The average Bonchev–Trinajstić information content (AvgIpc) is 3.13. The van der Waals surface area contributed by atoms with Gasteiger partial charge in [0, 0.05) is 41.4 Å². The first-order valence-electron chi connectivity index (χ1n) is 6.67. The zero-order valence-corrected chi connectivity index (χ0v) is 11.8. The van der Waals surface area contributed by atoms with Crippen LogP contribution in [0, 0.1) is 5.92 Å². The van der Waals surface area contributed by atoms with Crippen LogP contribution in [0.2, 0.25) is 0 Å². The van der Waals surface area contributed by atoms with E-state index in [2.05, 4.69) is 41.5 Å². The second-order valence-electron chi connectivity index (χ2n) is 4.97. The van der Waals surface area contributed by atoms with Gasteiger partial charge in [0.15, 0.2) is 0 Å². The van der Waals surface area contributed by atoms with Gasteiger partial charge in [-0.15, -0.1) is 11.3 Å². The Morgan fingerprint density at radius 2 is 2.21 bits per heavy atom. The summed E-state index contributed by atoms with van der Waals surface area (Å²) in [5.41, 5.74) is 2.34. The minimum Gasteiger partial charge on any atom is -0.382 e. The molecule has 1 aliphatic heterocycles. The molecule has 1 N–H and O–H groups in total. The fourth-order valence-corrected chi connectivity index (χ4v) is 3.05. The fraction of sp³-hybridized carbons (Fsp3) is 0.400. The quantitative estimate of drug-likeness (QED) is 0.924. The molecular formula is C15H18N2OS. The largest absolute Gasteiger partial charge is 0.382 e. The third-order valence-electron chi connectivity index (χ3n) is 3.63. The van der Waals surface area contributed by atoms with E-state index in [-0.39, 0.29) is 0 Å². The van der Waals surface area contributed by atoms with Crippen LogP contribution in [0.4, 0.5) is 5.69 Å². The Hall–Kier alpha value is -1.39. The average molecular weight is 274 g/mol. The van der Waals surface area contributed by atoms with Crippen molar-refractivity contribution in [3.63, 3.8) is 0 Å². The Morgan fingerprint density at radius 3 is 2.84 bits per heavy atom. The number of hydrogen-bond donors (Lipinski definition) is 1. The summed E-state index contributed by atoms with van der Waals surface area (Å²) in [5, 5.41) is 6.64. The Bertz CT molecular complexity index is 503. The molecule has 2 heterocycles. The molecule has 2 aromatic rings. The molecule has 1 aromatic heterocycles. The predicted octanol–water partition coefficient (Wildman–Crippen LogP) is 3.65. The molecule has 0 amide bonds. The summed E-state index contributed by atoms with van der Waals surface area (Å²) in [7, 11) is 0. The lowest BCUT2D eigenvalue weighted by Crippen LogP contribution is -2.25. The van der Waals surface area contributed by atoms with E-state index >= 15 is 0 Å². The Balaban J connectivity index is 1.65. The summed E-state index contributed by atoms with van der Waals surface area (Å²) in [4.78, 5) is 4.32. The van der Waals surface area contributed by atoms with Crippen LogP contribution in [-0.4, -0.2) is 24.2 Å². The maximum atomic E-state index is 5.44. The fourth-order valence-electron chi connectivity index (χ4n) is 2.40. The van der Waals surface area contributed by atoms with E-state index in [9.17, 15) is 0 Å². The van der Waals surface area contributed by atoms with Gasteiger partial charge >= 0.3 is 0 Å². The van der Waals surface area contributed by atoms with Crippen LogP contribution >= 0.6 is 11.3 Å². The summed E-state index contributed by atoms with van der Waals surface area (Å²) in [5.74, 6) is 0.624. The van der Waals surface area contributed by atoms with Crippen LogP contribution in [0.25, 0.3) is 10.6 Å². The summed E-state index contributed by atoms with van der Waals surface area (Å²) in [6, 6.07) is 8.96. The molecular weight excluding hydrogens is 256 g/mol. The van der Waals surface area contributed by atoms with Gasteiger partial charge in [0.1, 0.15) is 5.01 Å². The van der Waals surface area contributed by atoms with E-state index in [4.69, 9.17) is 4.74 Å². The Kier molecular flexibility index (Phi) is 3.80. The maximum Gasteiger partial charge on any atom is 0.123 e. The molecule has 2 atom stereocenters. The molecule has 0 bridgehead atoms. The first kappa shape index (κ1) is 12.6. The summed E-state index contributed by atoms with van der Waals surface area (Å²) < 4.78 is 5.44. The standard InChI is InChI=1S/C15H18N2OS/c1-11(13-6-8-18-10-13)17-14-4-2-12(3-5-14)15-16-7-9-19-15/h2-5,7,9,11,13,17H,6,8,10H2,1H3. The van der Waals surface area contributed by atoms with Crippen LogP contribution < -0.4 is 5.32 Å². The van der Waals surface area contributed by atoms with Crippen molar-refractivity contribution in [3.8, 4) is 10.6 Å². The van der Waals surface area contributed by atoms with Crippen molar-refractivity contribution >= 4 is 17.0 Å². The number of rotatable bonds is 4. The SMILES string of the molecule is CC(Nc1ccc(-c2nccs2)cc1)C1CCOC1. The summed E-state index contributed by atoms with van der Waals surface area (Å²) in [6.07, 6.45) is 3.00. The number of anilines is 1. The number of ether oxygens (including phenoxy) is 1. The van der Waals surface area contributed by atoms with Gasteiger partial charge in [0.2, 0.25) is 0 Å². The van der Waals surface area contributed by atoms with Gasteiger partial charge in [0.25, 0.3) is 0 Å². The summed E-state index contributed by atoms with van der Waals surface area (Å²) >= 11 is 1.67. The van der Waals surface area contributed by atoms with Crippen LogP contribution in [0.1, 0.15) is 13.3 Å². The molecule has 2 unspecified atom stereocenters. The molecule has 1 fully saturated rings. The predicted molar refractivity (Wildman–Crippen MR) is 79.6 cm³/mol. The molecule has 4 heteroatoms. The molecule has 0 radical (unpaired) electrons. The van der Waals surface area contributed by atoms with Crippen molar-refractivity contribution in [1.29, 1.82) is 0 Å². The van der Waals surface area contributed by atoms with E-state index in [0.717, 1.165) is 24.6 Å². The summed E-state index contributed by atoms with van der Waals surface area (Å²) in [6.45, 7) is 4.01. The van der Waals surface area contributed by atoms with Gasteiger partial charge in [0.05, 0.1) is 6.61 Å². The van der Waals surface area contributed by atoms with Crippen LogP contribution in [-0.2, 0) is 4.74 Å². The molecule has 100 valence electrons. The first-order valence-corrected chi connectivity index (χ1v) is 7.55. The monoisotopic (exact) mass is 274 g/mol. The number of aromatic nitrogens is 1. The van der Waals surface area contributed by atoms with Crippen LogP contribution in [0.3, 0.4) is 0 Å². The molecule has 1 saturated heterocycles. The van der Waals surface area contributed by atoms with Crippen molar-refractivity contribution < 1.29 is 4.74 Å². The van der Waals surface area contributed by atoms with Crippen molar-refractivity contribution in [2.24, 2.45) is 5.92 Å². The number of hydrogen-bond acceptors (Lipinski definition) is 4. The molecule has 19 heavy (non-hydrogen) atoms. The van der Waals surface area contributed by atoms with E-state index in [1.165, 1.54) is 11.3 Å². The molecule has 0 aliphatic carbocycles. The third kappa shape index (κ3) is 2.96. The van der Waals surface area contributed by atoms with Gasteiger partial charge in [-0.05, 0) is 37.6 Å². The van der Waals surface area contributed by atoms with E-state index < -0.39 is 0 Å². The second kappa shape index (κ2) is 5.72. The van der Waals surface area contributed by atoms with Crippen molar-refractivity contribution in [3.05, 3.63) is 35.8 Å². The lowest BCUT2D eigenvalue weighted by Gasteiger charge is -2.20. The van der Waals surface area contributed by atoms with Crippen molar-refractivity contribution in [2.45, 2.75) is 19.4 Å². The molecule has 3 rings (SSSR count). The molecule has 0 saturated carbocycles. The van der Waals surface area contributed by atoms with Crippen LogP contribution in [0.5, 0.6) is 0 Å². The Labute approximate surface area is 117 Å². The highest BCUT2D eigenvalue weighted by Crippen LogP contribution is 2.25. The third-order valence-corrected chi connectivity index (χ3v) is 4.45. The first-order chi connectivity index (χ1) is 9.33. The topological polar surface area (TPSA) is 34.2 Å². The highest BCUT2D eigenvalue weighted by atomic mass is 32.1. The molecule has 1 aliphatic rings. The van der Waals surface area contributed by atoms with Gasteiger partial charge in [-0.2, -0.15) is 0 Å². The van der Waals surface area contributed by atoms with Gasteiger partial charge in [-0.3, -0.25) is 0 Å². The molecule has 3 nitrogen and oxygen atoms in total. The lowest BCUT2D eigenvalue weighted by atomic mass is 10.0. The van der Waals surface area contributed by atoms with Gasteiger partial charge in [-0.25, -0.2) is 4.98 Å². The highest BCUT2D eigenvalue weighted by molar-refractivity contribution is 7.13. The Morgan fingerprint density at radius 1 is 1.37 bits per heavy atom. The van der Waals surface area contributed by atoms with E-state index in [1.54, 1.807) is 11.3 Å². The zero-order valence-electron chi connectivity index (χ0n) is 11.0. The normalized spacial score (nSPS) is 20.4. The van der Waals surface area contributed by atoms with Gasteiger partial charge in [-0.1, -0.05) is 0 Å².